The van der Waals surface area contributed by atoms with Crippen LogP contribution in [-0.4, -0.2) is 17.1 Å². The van der Waals surface area contributed by atoms with Crippen molar-refractivity contribution in [1.29, 1.82) is 0 Å². The number of hydrogen-bond donors (Lipinski definition) is 0. The minimum absolute atomic E-state index is 0.402. The lowest BCUT2D eigenvalue weighted by Crippen LogP contribution is -1.77. The molecule has 0 saturated carbocycles. The summed E-state index contributed by atoms with van der Waals surface area (Å²) < 4.78 is 10.1. The van der Waals surface area contributed by atoms with Crippen LogP contribution in [0, 0.1) is 0 Å². The first-order valence-electron chi connectivity index (χ1n) is 3.80. The van der Waals surface area contributed by atoms with Crippen LogP contribution in [-0.2, 0) is 0 Å². The van der Waals surface area contributed by atoms with Crippen molar-refractivity contribution in [3.05, 3.63) is 30.7 Å². The Morgan fingerprint density at radius 1 is 1.38 bits per heavy atom. The Morgan fingerprint density at radius 3 is 2.92 bits per heavy atom. The zero-order valence-corrected chi connectivity index (χ0v) is 7.10. The molecule has 0 N–H and O–H groups in total. The van der Waals surface area contributed by atoms with Crippen LogP contribution in [0.5, 0.6) is 5.95 Å². The Balaban J connectivity index is 2.36. The van der Waals surface area contributed by atoms with Crippen LogP contribution in [0.2, 0.25) is 0 Å². The molecular formula is C9H8N2O2. The summed E-state index contributed by atoms with van der Waals surface area (Å²) in [6.07, 6.45) is 4.91. The van der Waals surface area contributed by atoms with Gasteiger partial charge in [-0.2, -0.15) is 0 Å². The highest BCUT2D eigenvalue weighted by Gasteiger charge is 2.05. The maximum absolute atomic E-state index is 5.25. The average molecular weight is 176 g/mol. The molecule has 4 heteroatoms. The molecule has 2 aromatic rings. The minimum Gasteiger partial charge on any atom is -0.467 e. The van der Waals surface area contributed by atoms with E-state index >= 15 is 0 Å². The number of hydrogen-bond acceptors (Lipinski definition) is 4. The summed E-state index contributed by atoms with van der Waals surface area (Å²) >= 11 is 0. The van der Waals surface area contributed by atoms with Gasteiger partial charge in [-0.05, 0) is 12.1 Å². The van der Waals surface area contributed by atoms with Gasteiger partial charge in [-0.3, -0.25) is 4.98 Å². The number of nitrogens with zero attached hydrogens (tertiary/aromatic N) is 2. The number of ether oxygens (including phenoxy) is 1. The van der Waals surface area contributed by atoms with E-state index in [-0.39, 0.29) is 0 Å². The average Bonchev–Trinajstić information content (AvgIpc) is 2.67. The Bertz CT molecular complexity index is 384. The second-order valence-electron chi connectivity index (χ2n) is 2.43. The van der Waals surface area contributed by atoms with E-state index in [0.717, 1.165) is 5.56 Å². The first kappa shape index (κ1) is 7.79. The Hall–Kier alpha value is -1.84. The third-order valence-corrected chi connectivity index (χ3v) is 1.59. The zero-order valence-electron chi connectivity index (χ0n) is 7.10. The standard InChI is InChI=1S/C9H8N2O2/c1-12-8-6-11-9(13-8)7-3-2-4-10-5-7/h2-6H,1H3. The number of methoxy groups -OCH3 is 1. The lowest BCUT2D eigenvalue weighted by Gasteiger charge is -1.92. The molecule has 0 aromatic carbocycles. The van der Waals surface area contributed by atoms with Gasteiger partial charge < -0.3 is 9.15 Å². The Kier molecular flexibility index (Phi) is 1.96. The van der Waals surface area contributed by atoms with Crippen LogP contribution in [0.25, 0.3) is 11.5 Å². The molecule has 0 spiro atoms. The van der Waals surface area contributed by atoms with Crippen molar-refractivity contribution in [2.24, 2.45) is 0 Å². The molecule has 0 aliphatic rings. The van der Waals surface area contributed by atoms with Crippen LogP contribution in [0.4, 0.5) is 0 Å². The van der Waals surface area contributed by atoms with E-state index in [4.69, 9.17) is 9.15 Å². The molecule has 0 atom stereocenters. The van der Waals surface area contributed by atoms with Crippen molar-refractivity contribution >= 4 is 0 Å². The topological polar surface area (TPSA) is 48.2 Å². The van der Waals surface area contributed by atoms with Gasteiger partial charge in [0.1, 0.15) is 6.20 Å². The predicted molar refractivity (Wildman–Crippen MR) is 46.3 cm³/mol. The SMILES string of the molecule is COc1cnc(-c2cccnc2)o1. The molecular weight excluding hydrogens is 168 g/mol. The van der Waals surface area contributed by atoms with E-state index in [1.54, 1.807) is 12.4 Å². The van der Waals surface area contributed by atoms with E-state index in [1.165, 1.54) is 13.3 Å². The minimum atomic E-state index is 0.402. The zero-order chi connectivity index (χ0) is 9.10. The molecule has 2 rings (SSSR count). The third kappa shape index (κ3) is 1.51. The van der Waals surface area contributed by atoms with Gasteiger partial charge in [-0.25, -0.2) is 4.98 Å². The van der Waals surface area contributed by atoms with E-state index in [2.05, 4.69) is 9.97 Å². The monoisotopic (exact) mass is 176 g/mol. The molecule has 13 heavy (non-hydrogen) atoms. The third-order valence-electron chi connectivity index (χ3n) is 1.59. The summed E-state index contributed by atoms with van der Waals surface area (Å²) in [6.45, 7) is 0. The highest BCUT2D eigenvalue weighted by molar-refractivity contribution is 5.51. The summed E-state index contributed by atoms with van der Waals surface area (Å²) in [7, 11) is 1.54. The van der Waals surface area contributed by atoms with E-state index in [0.29, 0.717) is 11.8 Å². The molecule has 2 aromatic heterocycles. The van der Waals surface area contributed by atoms with Gasteiger partial charge in [0.2, 0.25) is 5.89 Å². The van der Waals surface area contributed by atoms with Crippen molar-refractivity contribution in [2.45, 2.75) is 0 Å². The summed E-state index contributed by atoms with van der Waals surface area (Å²) in [4.78, 5) is 7.98. The van der Waals surface area contributed by atoms with Crippen molar-refractivity contribution in [1.82, 2.24) is 9.97 Å². The Labute approximate surface area is 75.2 Å². The van der Waals surface area contributed by atoms with Gasteiger partial charge in [0.25, 0.3) is 0 Å². The number of rotatable bonds is 2. The molecule has 0 radical (unpaired) electrons. The highest BCUT2D eigenvalue weighted by atomic mass is 16.6. The predicted octanol–water partition coefficient (Wildman–Crippen LogP) is 1.75. The number of aromatic nitrogens is 2. The summed E-state index contributed by atoms with van der Waals surface area (Å²) in [5.41, 5.74) is 0.839. The van der Waals surface area contributed by atoms with Crippen LogP contribution in [0.3, 0.4) is 0 Å². The number of oxazole rings is 1. The second kappa shape index (κ2) is 3.26. The molecule has 0 bridgehead atoms. The molecule has 0 aliphatic carbocycles. The lowest BCUT2D eigenvalue weighted by atomic mass is 10.3. The number of pyridine rings is 1. The van der Waals surface area contributed by atoms with Gasteiger partial charge in [0.15, 0.2) is 0 Å². The van der Waals surface area contributed by atoms with Gasteiger partial charge in [-0.15, -0.1) is 0 Å². The summed E-state index contributed by atoms with van der Waals surface area (Å²) in [6, 6.07) is 3.70. The Morgan fingerprint density at radius 2 is 2.31 bits per heavy atom. The van der Waals surface area contributed by atoms with Crippen molar-refractivity contribution in [3.63, 3.8) is 0 Å². The van der Waals surface area contributed by atoms with E-state index < -0.39 is 0 Å². The summed E-state index contributed by atoms with van der Waals surface area (Å²) in [5.74, 6) is 0.920. The molecule has 66 valence electrons. The van der Waals surface area contributed by atoms with Crippen molar-refractivity contribution in [3.8, 4) is 17.4 Å². The van der Waals surface area contributed by atoms with E-state index in [1.807, 2.05) is 12.1 Å². The van der Waals surface area contributed by atoms with Gasteiger partial charge in [0, 0.05) is 12.4 Å². The maximum atomic E-state index is 5.25. The molecule has 0 saturated heterocycles. The fraction of sp³-hybridized carbons (Fsp3) is 0.111. The van der Waals surface area contributed by atoms with Crippen LogP contribution >= 0.6 is 0 Å². The quantitative estimate of drug-likeness (QED) is 0.699. The van der Waals surface area contributed by atoms with Crippen molar-refractivity contribution < 1.29 is 9.15 Å². The fourth-order valence-corrected chi connectivity index (χ4v) is 0.976. The molecule has 0 fully saturated rings. The molecule has 0 aliphatic heterocycles. The first-order valence-corrected chi connectivity index (χ1v) is 3.80. The second-order valence-corrected chi connectivity index (χ2v) is 2.43. The van der Waals surface area contributed by atoms with E-state index in [9.17, 15) is 0 Å². The highest BCUT2D eigenvalue weighted by Crippen LogP contribution is 2.21. The smallest absolute Gasteiger partial charge is 0.305 e. The molecule has 0 unspecified atom stereocenters. The van der Waals surface area contributed by atoms with Gasteiger partial charge in [-0.1, -0.05) is 0 Å². The normalized spacial score (nSPS) is 9.92. The summed E-state index contributed by atoms with van der Waals surface area (Å²) in [5, 5.41) is 0. The molecule has 2 heterocycles. The fourth-order valence-electron chi connectivity index (χ4n) is 0.976. The lowest BCUT2D eigenvalue weighted by molar-refractivity contribution is 0.309. The largest absolute Gasteiger partial charge is 0.467 e. The van der Waals surface area contributed by atoms with Gasteiger partial charge in [0.05, 0.1) is 12.7 Å². The first-order chi connectivity index (χ1) is 6.40. The van der Waals surface area contributed by atoms with Gasteiger partial charge >= 0.3 is 5.95 Å². The van der Waals surface area contributed by atoms with Crippen LogP contribution in [0.1, 0.15) is 0 Å². The van der Waals surface area contributed by atoms with Crippen molar-refractivity contribution in [2.75, 3.05) is 7.11 Å². The molecule has 4 nitrogen and oxygen atoms in total. The van der Waals surface area contributed by atoms with Crippen LogP contribution < -0.4 is 4.74 Å². The maximum Gasteiger partial charge on any atom is 0.305 e. The van der Waals surface area contributed by atoms with Crippen LogP contribution in [0.15, 0.2) is 35.1 Å². The molecule has 0 amide bonds.